The highest BCUT2D eigenvalue weighted by Crippen LogP contribution is 2.43. The van der Waals surface area contributed by atoms with Gasteiger partial charge in [0, 0.05) is 18.5 Å². The third kappa shape index (κ3) is 2.25. The molecule has 0 saturated carbocycles. The monoisotopic (exact) mass is 395 g/mol. The summed E-state index contributed by atoms with van der Waals surface area (Å²) in [5.41, 5.74) is 0.533. The molecule has 3 heterocycles. The van der Waals surface area contributed by atoms with Gasteiger partial charge in [-0.05, 0) is 49.5 Å². The molecule has 1 aliphatic heterocycles. The maximum Gasteiger partial charge on any atom is 0.410 e. The predicted molar refractivity (Wildman–Crippen MR) is 89.1 cm³/mol. The number of amides is 1. The number of hydrogen-bond acceptors (Lipinski definition) is 5. The molecule has 9 heteroatoms. The quantitative estimate of drug-likeness (QED) is 0.731. The lowest BCUT2D eigenvalue weighted by Gasteiger charge is -2.47. The highest BCUT2D eigenvalue weighted by molar-refractivity contribution is 9.10. The van der Waals surface area contributed by atoms with E-state index in [9.17, 15) is 9.59 Å². The van der Waals surface area contributed by atoms with Crippen LogP contribution >= 0.6 is 15.9 Å². The average Bonchev–Trinajstić information content (AvgIpc) is 2.96. The number of aromatic nitrogens is 4. The van der Waals surface area contributed by atoms with Gasteiger partial charge in [-0.1, -0.05) is 0 Å². The number of H-pyrrole nitrogens is 1. The van der Waals surface area contributed by atoms with Gasteiger partial charge in [0.1, 0.15) is 5.60 Å². The molecule has 2 aliphatic rings. The number of ether oxygens (including phenoxy) is 1. The molecule has 1 spiro atoms. The Hall–Kier alpha value is -1.90. The molecule has 2 aromatic rings. The molecule has 8 nitrogen and oxygen atoms in total. The summed E-state index contributed by atoms with van der Waals surface area (Å²) >= 11 is 3.23. The summed E-state index contributed by atoms with van der Waals surface area (Å²) in [4.78, 5) is 35.3. The Bertz CT molecular complexity index is 904. The van der Waals surface area contributed by atoms with Crippen LogP contribution in [0.25, 0.3) is 5.78 Å². The van der Waals surface area contributed by atoms with Gasteiger partial charge in [0.05, 0.1) is 11.3 Å². The van der Waals surface area contributed by atoms with Gasteiger partial charge in [0.15, 0.2) is 4.73 Å². The number of fused-ring (bicyclic) bond motifs is 3. The Morgan fingerprint density at radius 2 is 2.04 bits per heavy atom. The van der Waals surface area contributed by atoms with Crippen molar-refractivity contribution in [3.63, 3.8) is 0 Å². The van der Waals surface area contributed by atoms with Crippen molar-refractivity contribution in [1.82, 2.24) is 24.5 Å². The van der Waals surface area contributed by atoms with Gasteiger partial charge in [0.2, 0.25) is 0 Å². The van der Waals surface area contributed by atoms with Crippen LogP contribution in [-0.4, -0.2) is 49.3 Å². The molecule has 1 fully saturated rings. The van der Waals surface area contributed by atoms with E-state index in [4.69, 9.17) is 4.74 Å². The van der Waals surface area contributed by atoms with E-state index in [1.807, 2.05) is 20.8 Å². The first-order valence-electron chi connectivity index (χ1n) is 7.84. The van der Waals surface area contributed by atoms with E-state index in [0.29, 0.717) is 29.2 Å². The summed E-state index contributed by atoms with van der Waals surface area (Å²) in [7, 11) is 0. The molecule has 0 unspecified atom stereocenters. The Balaban J connectivity index is 1.65. The smallest absolute Gasteiger partial charge is 0.410 e. The second-order valence-electron chi connectivity index (χ2n) is 7.51. The molecule has 1 N–H and O–H groups in total. The minimum Gasteiger partial charge on any atom is -0.444 e. The standard InChI is InChI=1S/C15H18BrN5O3/c1-14(2,3)24-13(23)20-6-15(7-20)5-4-8-9(15)10(22)21-12(17-8)18-11(16)19-21/h4-7H2,1-3H3,(H,17,18,19). The first-order valence-corrected chi connectivity index (χ1v) is 8.63. The lowest BCUT2D eigenvalue weighted by Crippen LogP contribution is -2.62. The Morgan fingerprint density at radius 3 is 2.71 bits per heavy atom. The van der Waals surface area contributed by atoms with Gasteiger partial charge in [-0.25, -0.2) is 9.78 Å². The minimum atomic E-state index is -0.525. The number of carbonyl (C=O) groups is 1. The lowest BCUT2D eigenvalue weighted by atomic mass is 9.75. The van der Waals surface area contributed by atoms with Gasteiger partial charge >= 0.3 is 6.09 Å². The number of nitrogens with zero attached hydrogens (tertiary/aromatic N) is 4. The molecule has 128 valence electrons. The van der Waals surface area contributed by atoms with Crippen molar-refractivity contribution in [3.8, 4) is 0 Å². The fourth-order valence-corrected chi connectivity index (χ4v) is 3.92. The predicted octanol–water partition coefficient (Wildman–Crippen LogP) is 1.61. The van der Waals surface area contributed by atoms with Crippen molar-refractivity contribution in [1.29, 1.82) is 0 Å². The van der Waals surface area contributed by atoms with Crippen molar-refractivity contribution in [2.45, 2.75) is 44.6 Å². The maximum atomic E-state index is 12.8. The molecule has 24 heavy (non-hydrogen) atoms. The van der Waals surface area contributed by atoms with E-state index in [1.165, 1.54) is 4.52 Å². The third-order valence-corrected chi connectivity index (χ3v) is 4.91. The van der Waals surface area contributed by atoms with Gasteiger partial charge < -0.3 is 9.64 Å². The first kappa shape index (κ1) is 15.6. The van der Waals surface area contributed by atoms with Crippen LogP contribution in [0.1, 0.15) is 38.4 Å². The number of rotatable bonds is 0. The van der Waals surface area contributed by atoms with Crippen molar-refractivity contribution in [2.75, 3.05) is 13.1 Å². The highest BCUT2D eigenvalue weighted by Gasteiger charge is 2.53. The van der Waals surface area contributed by atoms with Crippen LogP contribution in [0.4, 0.5) is 4.79 Å². The molecule has 4 rings (SSSR count). The lowest BCUT2D eigenvalue weighted by molar-refractivity contribution is -0.00992. The molecule has 0 radical (unpaired) electrons. The maximum absolute atomic E-state index is 12.8. The van der Waals surface area contributed by atoms with Crippen LogP contribution in [0.3, 0.4) is 0 Å². The first-order chi connectivity index (χ1) is 11.2. The van der Waals surface area contributed by atoms with E-state index >= 15 is 0 Å². The molecule has 1 aliphatic carbocycles. The number of likely N-dealkylation sites (tertiary alicyclic amines) is 1. The fraction of sp³-hybridized carbons (Fsp3) is 0.600. The van der Waals surface area contributed by atoms with Crippen LogP contribution in [-0.2, 0) is 16.6 Å². The Kier molecular flexibility index (Phi) is 3.13. The number of nitrogens with one attached hydrogen (secondary N) is 1. The summed E-state index contributed by atoms with van der Waals surface area (Å²) in [6, 6.07) is 0. The third-order valence-electron chi connectivity index (χ3n) is 4.55. The van der Waals surface area contributed by atoms with E-state index in [2.05, 4.69) is 31.0 Å². The molecule has 1 saturated heterocycles. The summed E-state index contributed by atoms with van der Waals surface area (Å²) in [6.45, 7) is 6.51. The van der Waals surface area contributed by atoms with Crippen LogP contribution in [0.5, 0.6) is 0 Å². The van der Waals surface area contributed by atoms with E-state index in [-0.39, 0.29) is 17.1 Å². The zero-order chi connectivity index (χ0) is 17.3. The zero-order valence-electron chi connectivity index (χ0n) is 13.7. The number of aromatic amines is 1. The summed E-state index contributed by atoms with van der Waals surface area (Å²) < 4.78 is 7.22. The van der Waals surface area contributed by atoms with Crippen molar-refractivity contribution >= 4 is 27.8 Å². The molecule has 0 bridgehead atoms. The summed E-state index contributed by atoms with van der Waals surface area (Å²) in [5.74, 6) is 0.367. The number of halogens is 1. The average molecular weight is 396 g/mol. The minimum absolute atomic E-state index is 0.130. The largest absolute Gasteiger partial charge is 0.444 e. The van der Waals surface area contributed by atoms with Crippen LogP contribution < -0.4 is 5.56 Å². The number of hydrogen-bond donors (Lipinski definition) is 1. The molecule has 0 atom stereocenters. The highest BCUT2D eigenvalue weighted by atomic mass is 79.9. The molecule has 0 aromatic carbocycles. The topological polar surface area (TPSA) is 92.6 Å². The second-order valence-corrected chi connectivity index (χ2v) is 8.26. The van der Waals surface area contributed by atoms with E-state index in [1.54, 1.807) is 4.90 Å². The van der Waals surface area contributed by atoms with Crippen LogP contribution in [0.2, 0.25) is 0 Å². The molecular weight excluding hydrogens is 378 g/mol. The van der Waals surface area contributed by atoms with E-state index < -0.39 is 5.60 Å². The SMILES string of the molecule is CC(C)(C)OC(=O)N1CC2(CCc3nc4nc(Br)[nH]n4c(=O)c32)C1. The molecule has 1 amide bonds. The fourth-order valence-electron chi connectivity index (χ4n) is 3.59. The Morgan fingerprint density at radius 1 is 1.33 bits per heavy atom. The molecular formula is C15H18BrN5O3. The number of aryl methyl sites for hydroxylation is 1. The summed E-state index contributed by atoms with van der Waals surface area (Å²) in [6.07, 6.45) is 1.21. The van der Waals surface area contributed by atoms with E-state index in [0.717, 1.165) is 18.5 Å². The second kappa shape index (κ2) is 4.81. The van der Waals surface area contributed by atoms with Crippen LogP contribution in [0, 0.1) is 0 Å². The van der Waals surface area contributed by atoms with Gasteiger partial charge in [-0.3, -0.25) is 9.89 Å². The Labute approximate surface area is 146 Å². The molecule has 2 aromatic heterocycles. The van der Waals surface area contributed by atoms with Gasteiger partial charge in [0.25, 0.3) is 11.3 Å². The van der Waals surface area contributed by atoms with Crippen molar-refractivity contribution < 1.29 is 9.53 Å². The van der Waals surface area contributed by atoms with Crippen molar-refractivity contribution in [3.05, 3.63) is 26.3 Å². The van der Waals surface area contributed by atoms with Crippen LogP contribution in [0.15, 0.2) is 9.53 Å². The summed E-state index contributed by atoms with van der Waals surface area (Å²) in [5, 5.41) is 2.85. The van der Waals surface area contributed by atoms with Gasteiger partial charge in [-0.15, -0.1) is 0 Å². The zero-order valence-corrected chi connectivity index (χ0v) is 15.3. The van der Waals surface area contributed by atoms with Crippen molar-refractivity contribution in [2.24, 2.45) is 0 Å². The normalized spacial score (nSPS) is 18.8. The van der Waals surface area contributed by atoms with Gasteiger partial charge in [-0.2, -0.15) is 9.50 Å². The number of carbonyl (C=O) groups excluding carboxylic acids is 1.